The summed E-state index contributed by atoms with van der Waals surface area (Å²) in [6.07, 6.45) is 4.57. The average Bonchev–Trinajstić information content (AvgIpc) is 2.84. The molecule has 1 heterocycles. The molecular weight excluding hydrogens is 416 g/mol. The lowest BCUT2D eigenvalue weighted by Crippen LogP contribution is -2.47. The van der Waals surface area contributed by atoms with Crippen molar-refractivity contribution in [2.45, 2.75) is 45.1 Å². The van der Waals surface area contributed by atoms with Crippen molar-refractivity contribution in [3.63, 3.8) is 0 Å². The molecule has 0 spiro atoms. The maximum atomic E-state index is 13.2. The van der Waals surface area contributed by atoms with Gasteiger partial charge in [-0.2, -0.15) is 0 Å². The highest BCUT2D eigenvalue weighted by Crippen LogP contribution is 2.23. The summed E-state index contributed by atoms with van der Waals surface area (Å²) in [5.74, 6) is 0.531. The molecule has 1 aliphatic heterocycles. The zero-order chi connectivity index (χ0) is 23.5. The van der Waals surface area contributed by atoms with Crippen LogP contribution in [0.2, 0.25) is 0 Å². The van der Waals surface area contributed by atoms with E-state index >= 15 is 0 Å². The standard InChI is InChI=1S/C27H36N2O4/c1-3-28-17-11-4-5-12-18-29(26(30)21-32-2)23(19-22-13-7-6-8-14-22)20-33-25-16-10-9-15-24(25)27(28)31/h6-10,13-16,23H,3-5,11-12,17-21H2,1-2H3/t23-/m0/s1. The molecule has 0 N–H and O–H groups in total. The molecule has 0 bridgehead atoms. The third-order valence-corrected chi connectivity index (χ3v) is 6.14. The maximum absolute atomic E-state index is 13.2. The molecule has 6 heteroatoms. The predicted octanol–water partition coefficient (Wildman–Crippen LogP) is 4.19. The van der Waals surface area contributed by atoms with E-state index in [-0.39, 0.29) is 24.5 Å². The highest BCUT2D eigenvalue weighted by atomic mass is 16.5. The maximum Gasteiger partial charge on any atom is 0.257 e. The second kappa shape index (κ2) is 13.0. The lowest BCUT2D eigenvalue weighted by molar-refractivity contribution is -0.138. The van der Waals surface area contributed by atoms with Crippen molar-refractivity contribution < 1.29 is 19.1 Å². The van der Waals surface area contributed by atoms with Crippen molar-refractivity contribution in [2.24, 2.45) is 0 Å². The van der Waals surface area contributed by atoms with Crippen LogP contribution in [0.1, 0.15) is 48.5 Å². The molecule has 0 aliphatic carbocycles. The fourth-order valence-corrected chi connectivity index (χ4v) is 4.33. The Morgan fingerprint density at radius 1 is 1.00 bits per heavy atom. The normalized spacial score (nSPS) is 18.2. The van der Waals surface area contributed by atoms with Gasteiger partial charge >= 0.3 is 0 Å². The molecule has 0 saturated carbocycles. The van der Waals surface area contributed by atoms with Crippen LogP contribution >= 0.6 is 0 Å². The van der Waals surface area contributed by atoms with E-state index < -0.39 is 0 Å². The van der Waals surface area contributed by atoms with Crippen molar-refractivity contribution in [3.8, 4) is 5.75 Å². The van der Waals surface area contributed by atoms with E-state index in [1.807, 2.05) is 59.2 Å². The Kier molecular flexibility index (Phi) is 9.76. The zero-order valence-corrected chi connectivity index (χ0v) is 19.9. The topological polar surface area (TPSA) is 59.1 Å². The fourth-order valence-electron chi connectivity index (χ4n) is 4.33. The van der Waals surface area contributed by atoms with E-state index in [2.05, 4.69) is 12.1 Å². The number of carbonyl (C=O) groups excluding carboxylic acids is 2. The third-order valence-electron chi connectivity index (χ3n) is 6.14. The molecule has 2 aromatic rings. The van der Waals surface area contributed by atoms with Gasteiger partial charge in [0.2, 0.25) is 5.91 Å². The van der Waals surface area contributed by atoms with Crippen molar-refractivity contribution in [1.82, 2.24) is 9.80 Å². The number of rotatable bonds is 5. The molecule has 3 rings (SSSR count). The van der Waals surface area contributed by atoms with E-state index in [0.29, 0.717) is 37.4 Å². The monoisotopic (exact) mass is 452 g/mol. The first kappa shape index (κ1) is 24.8. The van der Waals surface area contributed by atoms with Gasteiger partial charge in [-0.1, -0.05) is 55.3 Å². The number of hydrogen-bond acceptors (Lipinski definition) is 4. The SMILES string of the molecule is CCN1CCCCCCN(C(=O)COC)[C@@H](Cc2ccccc2)COc2ccccc2C1=O. The van der Waals surface area contributed by atoms with Gasteiger partial charge in [-0.15, -0.1) is 0 Å². The van der Waals surface area contributed by atoms with Crippen LogP contribution in [0.25, 0.3) is 0 Å². The largest absolute Gasteiger partial charge is 0.491 e. The summed E-state index contributed by atoms with van der Waals surface area (Å²) in [5, 5.41) is 0. The van der Waals surface area contributed by atoms with Crippen molar-refractivity contribution in [1.29, 1.82) is 0 Å². The van der Waals surface area contributed by atoms with E-state index in [0.717, 1.165) is 37.8 Å². The van der Waals surface area contributed by atoms with E-state index in [1.54, 1.807) is 7.11 Å². The number of hydrogen-bond donors (Lipinski definition) is 0. The molecule has 0 aromatic heterocycles. The minimum Gasteiger partial charge on any atom is -0.491 e. The van der Waals surface area contributed by atoms with Gasteiger partial charge < -0.3 is 19.3 Å². The zero-order valence-electron chi connectivity index (χ0n) is 19.9. The summed E-state index contributed by atoms with van der Waals surface area (Å²) in [6, 6.07) is 17.4. The molecule has 1 atom stereocenters. The molecule has 0 saturated heterocycles. The Balaban J connectivity index is 1.92. The van der Waals surface area contributed by atoms with Crippen LogP contribution < -0.4 is 4.74 Å². The average molecular weight is 453 g/mol. The van der Waals surface area contributed by atoms with Gasteiger partial charge in [0.05, 0.1) is 11.6 Å². The van der Waals surface area contributed by atoms with Crippen LogP contribution in [0.5, 0.6) is 5.75 Å². The molecule has 2 aromatic carbocycles. The molecular formula is C27H36N2O4. The van der Waals surface area contributed by atoms with Crippen molar-refractivity contribution in [3.05, 3.63) is 65.7 Å². The van der Waals surface area contributed by atoms with Gasteiger partial charge in [0.15, 0.2) is 0 Å². The summed E-state index contributed by atoms with van der Waals surface area (Å²) in [7, 11) is 1.55. The summed E-state index contributed by atoms with van der Waals surface area (Å²) in [4.78, 5) is 30.0. The molecule has 33 heavy (non-hydrogen) atoms. The number of ether oxygens (including phenoxy) is 2. The van der Waals surface area contributed by atoms with Gasteiger partial charge in [-0.05, 0) is 43.9 Å². The Hall–Kier alpha value is -2.86. The highest BCUT2D eigenvalue weighted by molar-refractivity contribution is 5.96. The smallest absolute Gasteiger partial charge is 0.257 e. The Bertz CT molecular complexity index is 887. The summed E-state index contributed by atoms with van der Waals surface area (Å²) >= 11 is 0. The van der Waals surface area contributed by atoms with Crippen LogP contribution in [0.3, 0.4) is 0 Å². The Morgan fingerprint density at radius 3 is 2.42 bits per heavy atom. The first-order valence-electron chi connectivity index (χ1n) is 12.0. The number of para-hydroxylation sites is 1. The van der Waals surface area contributed by atoms with Gasteiger partial charge in [0.1, 0.15) is 19.0 Å². The summed E-state index contributed by atoms with van der Waals surface area (Å²) in [5.41, 5.74) is 1.72. The number of carbonyl (C=O) groups is 2. The van der Waals surface area contributed by atoms with Gasteiger partial charge in [-0.3, -0.25) is 9.59 Å². The van der Waals surface area contributed by atoms with E-state index in [4.69, 9.17) is 9.47 Å². The lowest BCUT2D eigenvalue weighted by atomic mass is 10.0. The minimum atomic E-state index is -0.163. The van der Waals surface area contributed by atoms with Crippen molar-refractivity contribution >= 4 is 11.8 Å². The van der Waals surface area contributed by atoms with Crippen LogP contribution in [0.15, 0.2) is 54.6 Å². The molecule has 1 aliphatic rings. The van der Waals surface area contributed by atoms with Crippen LogP contribution in [0.4, 0.5) is 0 Å². The quantitative estimate of drug-likeness (QED) is 0.683. The van der Waals surface area contributed by atoms with Crippen molar-refractivity contribution in [2.75, 3.05) is 40.0 Å². The van der Waals surface area contributed by atoms with Gasteiger partial charge in [0.25, 0.3) is 5.91 Å². The third kappa shape index (κ3) is 7.06. The predicted molar refractivity (Wildman–Crippen MR) is 130 cm³/mol. The fraction of sp³-hybridized carbons (Fsp3) is 0.481. The molecule has 0 unspecified atom stereocenters. The molecule has 6 nitrogen and oxygen atoms in total. The van der Waals surface area contributed by atoms with Crippen LogP contribution in [-0.4, -0.2) is 67.6 Å². The summed E-state index contributed by atoms with van der Waals surface area (Å²) in [6.45, 7) is 4.43. The number of fused-ring (bicyclic) bond motifs is 1. The molecule has 0 fully saturated rings. The second-order valence-corrected chi connectivity index (χ2v) is 8.47. The number of benzene rings is 2. The van der Waals surface area contributed by atoms with Crippen LogP contribution in [0, 0.1) is 0 Å². The first-order chi connectivity index (χ1) is 16.1. The number of methoxy groups -OCH3 is 1. The number of nitrogens with zero attached hydrogens (tertiary/aromatic N) is 2. The van der Waals surface area contributed by atoms with E-state index in [1.165, 1.54) is 0 Å². The minimum absolute atomic E-state index is 0.00270. The molecule has 0 radical (unpaired) electrons. The molecule has 178 valence electrons. The number of amides is 2. The highest BCUT2D eigenvalue weighted by Gasteiger charge is 2.26. The lowest BCUT2D eigenvalue weighted by Gasteiger charge is -2.33. The van der Waals surface area contributed by atoms with E-state index in [9.17, 15) is 9.59 Å². The van der Waals surface area contributed by atoms with Gasteiger partial charge in [-0.25, -0.2) is 0 Å². The summed E-state index contributed by atoms with van der Waals surface area (Å²) < 4.78 is 11.4. The first-order valence-corrected chi connectivity index (χ1v) is 12.0. The second-order valence-electron chi connectivity index (χ2n) is 8.47. The molecule has 2 amide bonds. The Labute approximate surface area is 197 Å². The van der Waals surface area contributed by atoms with Crippen LogP contribution in [-0.2, 0) is 16.0 Å². The van der Waals surface area contributed by atoms with Gasteiger partial charge in [0, 0.05) is 26.7 Å². The Morgan fingerprint density at radius 2 is 1.70 bits per heavy atom.